The van der Waals surface area contributed by atoms with E-state index in [1.807, 2.05) is 25.1 Å². The van der Waals surface area contributed by atoms with Crippen molar-refractivity contribution in [3.05, 3.63) is 63.9 Å². The second-order valence-corrected chi connectivity index (χ2v) is 5.15. The number of aliphatic hydroxyl groups is 1. The molecule has 2 aromatic rings. The molecule has 1 N–H and O–H groups in total. The van der Waals surface area contributed by atoms with Gasteiger partial charge in [0.25, 0.3) is 0 Å². The molecule has 0 aliphatic heterocycles. The number of ether oxygens (including phenoxy) is 1. The fraction of sp³-hybridized carbons (Fsp3) is 0.250. The third-order valence-electron chi connectivity index (χ3n) is 3.02. The zero-order valence-electron chi connectivity index (χ0n) is 11.4. The van der Waals surface area contributed by atoms with Gasteiger partial charge in [0, 0.05) is 11.1 Å². The third-order valence-corrected chi connectivity index (χ3v) is 3.37. The van der Waals surface area contributed by atoms with Gasteiger partial charge in [-0.2, -0.15) is 0 Å². The molecule has 0 aliphatic rings. The highest BCUT2D eigenvalue weighted by molar-refractivity contribution is 6.31. The molecule has 1 atom stereocenters. The molecule has 106 valence electrons. The molecule has 2 aromatic carbocycles. The normalized spacial score (nSPS) is 12.2. The lowest BCUT2D eigenvalue weighted by molar-refractivity contribution is 0.190. The van der Waals surface area contributed by atoms with E-state index in [0.29, 0.717) is 21.9 Å². The Morgan fingerprint density at radius 1 is 1.25 bits per heavy atom. The Morgan fingerprint density at radius 3 is 2.65 bits per heavy atom. The summed E-state index contributed by atoms with van der Waals surface area (Å²) < 4.78 is 18.7. The first-order valence-electron chi connectivity index (χ1n) is 6.32. The first kappa shape index (κ1) is 14.8. The Morgan fingerprint density at radius 2 is 2.00 bits per heavy atom. The topological polar surface area (TPSA) is 29.5 Å². The van der Waals surface area contributed by atoms with Gasteiger partial charge in [-0.25, -0.2) is 4.39 Å². The van der Waals surface area contributed by atoms with Crippen LogP contribution < -0.4 is 4.74 Å². The highest BCUT2D eigenvalue weighted by atomic mass is 35.5. The molecule has 0 radical (unpaired) electrons. The third kappa shape index (κ3) is 3.50. The Balaban J connectivity index is 2.20. The van der Waals surface area contributed by atoms with Crippen LogP contribution in [0, 0.1) is 12.7 Å². The van der Waals surface area contributed by atoms with Gasteiger partial charge >= 0.3 is 0 Å². The standard InChI is InChI=1S/C16H16ClFO2/c1-10-3-6-14(11(2)19)16(7-10)20-9-12-4-5-13(18)8-15(12)17/h3-8,11,19H,9H2,1-2H3/t11-/m1/s1. The molecule has 0 aromatic heterocycles. The highest BCUT2D eigenvalue weighted by Crippen LogP contribution is 2.28. The number of hydrogen-bond donors (Lipinski definition) is 1. The molecule has 0 heterocycles. The summed E-state index contributed by atoms with van der Waals surface area (Å²) in [6, 6.07) is 9.80. The second-order valence-electron chi connectivity index (χ2n) is 4.74. The van der Waals surface area contributed by atoms with E-state index in [0.717, 1.165) is 5.56 Å². The average Bonchev–Trinajstić information content (AvgIpc) is 2.37. The van der Waals surface area contributed by atoms with Crippen molar-refractivity contribution in [2.75, 3.05) is 0 Å². The molecule has 0 unspecified atom stereocenters. The van der Waals surface area contributed by atoms with Crippen molar-refractivity contribution in [3.8, 4) is 5.75 Å². The van der Waals surface area contributed by atoms with Gasteiger partial charge in [0.05, 0.1) is 11.1 Å². The van der Waals surface area contributed by atoms with Crippen molar-refractivity contribution < 1.29 is 14.2 Å². The first-order chi connectivity index (χ1) is 9.47. The Kier molecular flexibility index (Phi) is 4.63. The lowest BCUT2D eigenvalue weighted by Crippen LogP contribution is -2.02. The van der Waals surface area contributed by atoms with Crippen LogP contribution in [0.1, 0.15) is 29.7 Å². The summed E-state index contributed by atoms with van der Waals surface area (Å²) in [6.45, 7) is 3.86. The smallest absolute Gasteiger partial charge is 0.125 e. The van der Waals surface area contributed by atoms with E-state index in [1.165, 1.54) is 12.1 Å². The van der Waals surface area contributed by atoms with Crippen LogP contribution in [0.5, 0.6) is 5.75 Å². The average molecular weight is 295 g/mol. The molecule has 20 heavy (non-hydrogen) atoms. The van der Waals surface area contributed by atoms with E-state index in [-0.39, 0.29) is 12.4 Å². The van der Waals surface area contributed by atoms with Crippen molar-refractivity contribution in [1.29, 1.82) is 0 Å². The van der Waals surface area contributed by atoms with Crippen LogP contribution in [0.4, 0.5) is 4.39 Å². The molecule has 0 amide bonds. The molecule has 0 saturated heterocycles. The zero-order chi connectivity index (χ0) is 14.7. The number of hydrogen-bond acceptors (Lipinski definition) is 2. The first-order valence-corrected chi connectivity index (χ1v) is 6.70. The van der Waals surface area contributed by atoms with Crippen molar-refractivity contribution in [2.24, 2.45) is 0 Å². The minimum atomic E-state index is -0.616. The number of aryl methyl sites for hydroxylation is 1. The van der Waals surface area contributed by atoms with Crippen LogP contribution in [0.2, 0.25) is 5.02 Å². The van der Waals surface area contributed by atoms with E-state index in [9.17, 15) is 9.50 Å². The van der Waals surface area contributed by atoms with Gasteiger partial charge in [0.1, 0.15) is 18.2 Å². The number of halogens is 2. The fourth-order valence-electron chi connectivity index (χ4n) is 1.91. The van der Waals surface area contributed by atoms with Crippen LogP contribution in [0.25, 0.3) is 0 Å². The molecule has 0 spiro atoms. The lowest BCUT2D eigenvalue weighted by Gasteiger charge is -2.15. The van der Waals surface area contributed by atoms with Crippen molar-refractivity contribution in [1.82, 2.24) is 0 Å². The SMILES string of the molecule is Cc1ccc([C@@H](C)O)c(OCc2ccc(F)cc2Cl)c1. The van der Waals surface area contributed by atoms with Gasteiger partial charge in [0.2, 0.25) is 0 Å². The molecular formula is C16H16ClFO2. The molecule has 2 nitrogen and oxygen atoms in total. The molecular weight excluding hydrogens is 279 g/mol. The molecule has 0 saturated carbocycles. The highest BCUT2D eigenvalue weighted by Gasteiger charge is 2.10. The number of benzene rings is 2. The van der Waals surface area contributed by atoms with Crippen LogP contribution in [0.15, 0.2) is 36.4 Å². The fourth-order valence-corrected chi connectivity index (χ4v) is 2.13. The van der Waals surface area contributed by atoms with E-state index < -0.39 is 6.10 Å². The maximum absolute atomic E-state index is 13.0. The zero-order valence-corrected chi connectivity index (χ0v) is 12.1. The minimum Gasteiger partial charge on any atom is -0.488 e. The summed E-state index contributed by atoms with van der Waals surface area (Å²) in [7, 11) is 0. The van der Waals surface area contributed by atoms with E-state index in [2.05, 4.69) is 0 Å². The van der Waals surface area contributed by atoms with E-state index >= 15 is 0 Å². The maximum Gasteiger partial charge on any atom is 0.125 e. The summed E-state index contributed by atoms with van der Waals surface area (Å²) in [5.74, 6) is 0.236. The second kappa shape index (κ2) is 6.25. The quantitative estimate of drug-likeness (QED) is 0.904. The predicted molar refractivity (Wildman–Crippen MR) is 77.6 cm³/mol. The summed E-state index contributed by atoms with van der Waals surface area (Å²) in [4.78, 5) is 0. The Hall–Kier alpha value is -1.58. The summed E-state index contributed by atoms with van der Waals surface area (Å²) >= 11 is 5.96. The van der Waals surface area contributed by atoms with Gasteiger partial charge in [-0.3, -0.25) is 0 Å². The van der Waals surface area contributed by atoms with Crippen molar-refractivity contribution in [2.45, 2.75) is 26.6 Å². The summed E-state index contributed by atoms with van der Waals surface area (Å²) in [5, 5.41) is 10.1. The van der Waals surface area contributed by atoms with Crippen LogP contribution >= 0.6 is 11.6 Å². The van der Waals surface area contributed by atoms with Gasteiger partial charge in [-0.15, -0.1) is 0 Å². The monoisotopic (exact) mass is 294 g/mol. The Bertz CT molecular complexity index is 611. The van der Waals surface area contributed by atoms with E-state index in [1.54, 1.807) is 13.0 Å². The molecule has 0 bridgehead atoms. The van der Waals surface area contributed by atoms with Crippen molar-refractivity contribution in [3.63, 3.8) is 0 Å². The summed E-state index contributed by atoms with van der Waals surface area (Å²) in [5.41, 5.74) is 2.45. The molecule has 2 rings (SSSR count). The van der Waals surface area contributed by atoms with Gasteiger partial charge < -0.3 is 9.84 Å². The van der Waals surface area contributed by atoms with Crippen LogP contribution in [0.3, 0.4) is 0 Å². The van der Waals surface area contributed by atoms with Gasteiger partial charge in [0.15, 0.2) is 0 Å². The number of aliphatic hydroxyl groups excluding tert-OH is 1. The maximum atomic E-state index is 13.0. The van der Waals surface area contributed by atoms with Gasteiger partial charge in [-0.1, -0.05) is 29.8 Å². The predicted octanol–water partition coefficient (Wildman–Crippen LogP) is 4.42. The minimum absolute atomic E-state index is 0.224. The lowest BCUT2D eigenvalue weighted by atomic mass is 10.1. The molecule has 0 aliphatic carbocycles. The summed E-state index contributed by atoms with van der Waals surface area (Å²) in [6.07, 6.45) is -0.616. The molecule has 0 fully saturated rings. The Labute approximate surface area is 122 Å². The van der Waals surface area contributed by atoms with Crippen LogP contribution in [-0.2, 0) is 6.61 Å². The van der Waals surface area contributed by atoms with Crippen molar-refractivity contribution >= 4 is 11.6 Å². The number of rotatable bonds is 4. The van der Waals surface area contributed by atoms with Gasteiger partial charge in [-0.05, 0) is 37.6 Å². The molecule has 4 heteroatoms. The largest absolute Gasteiger partial charge is 0.488 e. The van der Waals surface area contributed by atoms with Crippen LogP contribution in [-0.4, -0.2) is 5.11 Å². The van der Waals surface area contributed by atoms with E-state index in [4.69, 9.17) is 16.3 Å².